The highest BCUT2D eigenvalue weighted by molar-refractivity contribution is 8.00. The van der Waals surface area contributed by atoms with Crippen LogP contribution in [0.1, 0.15) is 21.9 Å². The minimum absolute atomic E-state index is 0.0102. The van der Waals surface area contributed by atoms with Gasteiger partial charge in [-0.3, -0.25) is 14.4 Å². The number of rotatable bonds is 10. The van der Waals surface area contributed by atoms with Crippen LogP contribution in [0.25, 0.3) is 17.4 Å². The number of amides is 3. The third-order valence-electron chi connectivity index (χ3n) is 5.88. The topological polar surface area (TPSA) is 126 Å². The molecule has 3 N–H and O–H groups in total. The van der Waals surface area contributed by atoms with Crippen molar-refractivity contribution < 1.29 is 23.3 Å². The van der Waals surface area contributed by atoms with Crippen LogP contribution in [0, 0.1) is 6.92 Å². The Kier molecular flexibility index (Phi) is 8.95. The Morgan fingerprint density at radius 1 is 0.857 bits per heavy atom. The Hall–Kier alpha value is -5.35. The Bertz CT molecular complexity index is 1710. The van der Waals surface area contributed by atoms with Crippen LogP contribution in [0.5, 0.6) is 0 Å². The van der Waals surface area contributed by atoms with Gasteiger partial charge in [0, 0.05) is 33.9 Å². The number of thioether (sulfide) groups is 1. The summed E-state index contributed by atoms with van der Waals surface area (Å²) in [6, 6.07) is 30.4. The first-order chi connectivity index (χ1) is 20.4. The minimum atomic E-state index is -0.528. The van der Waals surface area contributed by atoms with E-state index in [4.69, 9.17) is 8.94 Å². The molecule has 10 heteroatoms. The molecule has 42 heavy (non-hydrogen) atoms. The summed E-state index contributed by atoms with van der Waals surface area (Å²) < 4.78 is 10.9. The first kappa shape index (κ1) is 28.2. The Balaban J connectivity index is 1.27. The predicted molar refractivity (Wildman–Crippen MR) is 162 cm³/mol. The smallest absolute Gasteiger partial charge is 0.272 e. The fraction of sp³-hybridized carbons (Fsp3) is 0.0625. The third-order valence-corrected chi connectivity index (χ3v) is 6.89. The number of anilines is 2. The average molecular weight is 579 g/mol. The molecule has 210 valence electrons. The van der Waals surface area contributed by atoms with Crippen molar-refractivity contribution in [1.29, 1.82) is 0 Å². The van der Waals surface area contributed by atoms with E-state index < -0.39 is 11.8 Å². The molecule has 0 fully saturated rings. The number of hydrogen-bond acceptors (Lipinski definition) is 7. The normalized spacial score (nSPS) is 11.1. The highest BCUT2D eigenvalue weighted by Crippen LogP contribution is 2.24. The third kappa shape index (κ3) is 7.64. The summed E-state index contributed by atoms with van der Waals surface area (Å²) in [6.07, 6.45) is 1.49. The van der Waals surface area contributed by atoms with E-state index >= 15 is 0 Å². The van der Waals surface area contributed by atoms with Gasteiger partial charge < -0.3 is 24.9 Å². The van der Waals surface area contributed by atoms with Crippen LogP contribution < -0.4 is 16.0 Å². The van der Waals surface area contributed by atoms with Crippen molar-refractivity contribution in [3.05, 3.63) is 126 Å². The van der Waals surface area contributed by atoms with Crippen molar-refractivity contribution >= 4 is 47.1 Å². The van der Waals surface area contributed by atoms with E-state index in [-0.39, 0.29) is 17.4 Å². The number of carbonyl (C=O) groups excluding carboxylic acids is 3. The molecule has 0 aliphatic heterocycles. The molecule has 2 heterocycles. The maximum absolute atomic E-state index is 13.3. The second kappa shape index (κ2) is 13.3. The Morgan fingerprint density at radius 3 is 2.26 bits per heavy atom. The SMILES string of the molecule is Cc1cc(NC(=O)CSc2ccc(NC(=O)C(=Cc3ccc(-c4ccccc4)o3)NC(=O)c3ccccc3)cc2)no1. The van der Waals surface area contributed by atoms with Gasteiger partial charge in [-0.2, -0.15) is 0 Å². The molecule has 9 nitrogen and oxygen atoms in total. The molecule has 0 saturated carbocycles. The van der Waals surface area contributed by atoms with Gasteiger partial charge in [0.1, 0.15) is 23.0 Å². The maximum atomic E-state index is 13.3. The molecule has 0 atom stereocenters. The van der Waals surface area contributed by atoms with Gasteiger partial charge in [-0.25, -0.2) is 0 Å². The summed E-state index contributed by atoms with van der Waals surface area (Å²) in [5.74, 6) is 0.997. The van der Waals surface area contributed by atoms with Crippen molar-refractivity contribution in [3.63, 3.8) is 0 Å². The van der Waals surface area contributed by atoms with Crippen molar-refractivity contribution in [3.8, 4) is 11.3 Å². The zero-order valence-electron chi connectivity index (χ0n) is 22.5. The second-order valence-corrected chi connectivity index (χ2v) is 10.1. The first-order valence-corrected chi connectivity index (χ1v) is 13.9. The summed E-state index contributed by atoms with van der Waals surface area (Å²) in [4.78, 5) is 39.3. The number of nitrogens with zero attached hydrogens (tertiary/aromatic N) is 1. The fourth-order valence-corrected chi connectivity index (χ4v) is 4.56. The summed E-state index contributed by atoms with van der Waals surface area (Å²) >= 11 is 1.33. The first-order valence-electron chi connectivity index (χ1n) is 12.9. The van der Waals surface area contributed by atoms with E-state index in [1.165, 1.54) is 17.8 Å². The lowest BCUT2D eigenvalue weighted by Gasteiger charge is -2.11. The Labute approximate surface area is 246 Å². The highest BCUT2D eigenvalue weighted by atomic mass is 32.2. The van der Waals surface area contributed by atoms with Crippen molar-refractivity contribution in [2.45, 2.75) is 11.8 Å². The van der Waals surface area contributed by atoms with Gasteiger partial charge in [-0.05, 0) is 55.5 Å². The molecule has 5 rings (SSSR count). The van der Waals surface area contributed by atoms with E-state index in [1.54, 1.807) is 79.7 Å². The molecule has 3 amide bonds. The van der Waals surface area contributed by atoms with Crippen LogP contribution in [0.15, 0.2) is 123 Å². The van der Waals surface area contributed by atoms with E-state index in [9.17, 15) is 14.4 Å². The molecule has 0 saturated heterocycles. The van der Waals surface area contributed by atoms with Crippen LogP contribution in [0.2, 0.25) is 0 Å². The molecule has 0 bridgehead atoms. The Morgan fingerprint density at radius 2 is 1.57 bits per heavy atom. The van der Waals surface area contributed by atoms with Gasteiger partial charge in [0.15, 0.2) is 5.82 Å². The highest BCUT2D eigenvalue weighted by Gasteiger charge is 2.16. The zero-order chi connectivity index (χ0) is 29.3. The lowest BCUT2D eigenvalue weighted by atomic mass is 10.2. The maximum Gasteiger partial charge on any atom is 0.272 e. The van der Waals surface area contributed by atoms with E-state index in [0.29, 0.717) is 34.3 Å². The van der Waals surface area contributed by atoms with Crippen molar-refractivity contribution in [2.24, 2.45) is 0 Å². The number of nitrogens with one attached hydrogen (secondary N) is 3. The summed E-state index contributed by atoms with van der Waals surface area (Å²) in [6.45, 7) is 1.74. The largest absolute Gasteiger partial charge is 0.457 e. The summed E-state index contributed by atoms with van der Waals surface area (Å²) in [7, 11) is 0. The second-order valence-electron chi connectivity index (χ2n) is 9.08. The number of furan rings is 1. The van der Waals surface area contributed by atoms with Crippen LogP contribution in [-0.2, 0) is 9.59 Å². The zero-order valence-corrected chi connectivity index (χ0v) is 23.3. The van der Waals surface area contributed by atoms with Gasteiger partial charge >= 0.3 is 0 Å². The average Bonchev–Trinajstić information content (AvgIpc) is 3.66. The molecule has 2 aromatic heterocycles. The predicted octanol–water partition coefficient (Wildman–Crippen LogP) is 6.38. The van der Waals surface area contributed by atoms with Crippen LogP contribution >= 0.6 is 11.8 Å². The minimum Gasteiger partial charge on any atom is -0.457 e. The van der Waals surface area contributed by atoms with Gasteiger partial charge in [0.25, 0.3) is 11.8 Å². The molecule has 5 aromatic rings. The number of hydrogen-bond donors (Lipinski definition) is 3. The summed E-state index contributed by atoms with van der Waals surface area (Å²) in [5, 5.41) is 11.9. The van der Waals surface area contributed by atoms with Gasteiger partial charge in [0.05, 0.1) is 5.75 Å². The standard InChI is InChI=1S/C32H26N4O5S/c1-21-18-29(36-41-21)35-30(37)20-42-26-15-12-24(13-16-26)33-32(39)27(34-31(38)23-10-6-3-7-11-23)19-25-14-17-28(40-25)22-8-4-2-5-9-22/h2-19H,20H2,1H3,(H,33,39)(H,34,38)(H,35,36,37). The van der Waals surface area contributed by atoms with Crippen LogP contribution in [0.3, 0.4) is 0 Å². The summed E-state index contributed by atoms with van der Waals surface area (Å²) in [5.41, 5.74) is 1.82. The molecule has 3 aromatic carbocycles. The molecule has 0 spiro atoms. The van der Waals surface area contributed by atoms with E-state index in [1.807, 2.05) is 30.3 Å². The number of carbonyl (C=O) groups is 3. The molecule has 0 aliphatic carbocycles. The van der Waals surface area contributed by atoms with Gasteiger partial charge in [0.2, 0.25) is 5.91 Å². The van der Waals surface area contributed by atoms with Gasteiger partial charge in [-0.15, -0.1) is 11.8 Å². The fourth-order valence-electron chi connectivity index (χ4n) is 3.86. The lowest BCUT2D eigenvalue weighted by Crippen LogP contribution is -2.30. The quantitative estimate of drug-likeness (QED) is 0.130. The molecule has 0 radical (unpaired) electrons. The number of aromatic nitrogens is 1. The monoisotopic (exact) mass is 578 g/mol. The van der Waals surface area contributed by atoms with E-state index in [2.05, 4.69) is 21.1 Å². The van der Waals surface area contributed by atoms with Gasteiger partial charge in [-0.1, -0.05) is 53.7 Å². The molecular formula is C32H26N4O5S. The molecule has 0 aliphatic rings. The molecule has 0 unspecified atom stereocenters. The molecular weight excluding hydrogens is 552 g/mol. The van der Waals surface area contributed by atoms with Crippen molar-refractivity contribution in [1.82, 2.24) is 10.5 Å². The van der Waals surface area contributed by atoms with Crippen molar-refractivity contribution in [2.75, 3.05) is 16.4 Å². The number of benzene rings is 3. The van der Waals surface area contributed by atoms with Crippen LogP contribution in [-0.4, -0.2) is 28.6 Å². The van der Waals surface area contributed by atoms with Crippen LogP contribution in [0.4, 0.5) is 11.5 Å². The lowest BCUT2D eigenvalue weighted by molar-refractivity contribution is -0.114. The van der Waals surface area contributed by atoms with E-state index in [0.717, 1.165) is 10.5 Å². The number of aryl methyl sites for hydroxylation is 1.